The third-order valence-electron chi connectivity index (χ3n) is 3.87. The fraction of sp³-hybridized carbons (Fsp3) is 0.167. The summed E-state index contributed by atoms with van der Waals surface area (Å²) in [5.74, 6) is 0.839. The molecule has 0 unspecified atom stereocenters. The summed E-state index contributed by atoms with van der Waals surface area (Å²) in [6.07, 6.45) is 6.98. The number of aromatic nitrogens is 3. The molecule has 0 saturated carbocycles. The Kier molecular flexibility index (Phi) is 4.19. The number of carbonyl (C=O) groups is 1. The Hall–Kier alpha value is -2.95. The Balaban J connectivity index is 1.72. The minimum Gasteiger partial charge on any atom is -0.328 e. The lowest BCUT2D eigenvalue weighted by atomic mass is 10.1. The van der Waals surface area contributed by atoms with Crippen LogP contribution in [0.1, 0.15) is 34.7 Å². The number of anilines is 1. The maximum Gasteiger partial charge on any atom is 0.255 e. The second-order valence-corrected chi connectivity index (χ2v) is 5.37. The maximum atomic E-state index is 12.1. The molecule has 5 nitrogen and oxygen atoms in total. The monoisotopic (exact) mass is 306 g/mol. The van der Waals surface area contributed by atoms with Crippen molar-refractivity contribution in [1.29, 1.82) is 0 Å². The molecule has 3 rings (SSSR count). The number of aryl methyl sites for hydroxylation is 1. The highest BCUT2D eigenvalue weighted by atomic mass is 16.1. The van der Waals surface area contributed by atoms with E-state index in [4.69, 9.17) is 0 Å². The van der Waals surface area contributed by atoms with Crippen molar-refractivity contribution >= 4 is 11.6 Å². The van der Waals surface area contributed by atoms with E-state index >= 15 is 0 Å². The van der Waals surface area contributed by atoms with Gasteiger partial charge in [-0.1, -0.05) is 12.1 Å². The Morgan fingerprint density at radius 1 is 1.09 bits per heavy atom. The number of benzene rings is 1. The van der Waals surface area contributed by atoms with Crippen molar-refractivity contribution in [2.24, 2.45) is 0 Å². The van der Waals surface area contributed by atoms with Crippen molar-refractivity contribution < 1.29 is 4.79 Å². The summed E-state index contributed by atoms with van der Waals surface area (Å²) in [4.78, 5) is 20.3. The summed E-state index contributed by atoms with van der Waals surface area (Å²) in [5.41, 5.74) is 2.52. The van der Waals surface area contributed by atoms with E-state index in [1.165, 1.54) is 0 Å². The van der Waals surface area contributed by atoms with Crippen molar-refractivity contribution in [3.8, 4) is 0 Å². The van der Waals surface area contributed by atoms with Crippen LogP contribution >= 0.6 is 0 Å². The molecule has 0 fully saturated rings. The first-order valence-electron chi connectivity index (χ1n) is 7.46. The van der Waals surface area contributed by atoms with Crippen molar-refractivity contribution in [2.45, 2.75) is 19.9 Å². The summed E-state index contributed by atoms with van der Waals surface area (Å²) in [5, 5.41) is 2.88. The summed E-state index contributed by atoms with van der Waals surface area (Å²) in [6, 6.07) is 11.4. The standard InChI is InChI=1S/C18H18N4O/c1-13(22-12-11-20-14(22)2)15-3-5-17(6-4-15)21-18(23)16-7-9-19-10-8-16/h3-13H,1-2H3,(H,21,23)/t13-/m0/s1. The third-order valence-corrected chi connectivity index (χ3v) is 3.87. The van der Waals surface area contributed by atoms with E-state index < -0.39 is 0 Å². The largest absolute Gasteiger partial charge is 0.328 e. The molecule has 5 heteroatoms. The number of pyridine rings is 1. The van der Waals surface area contributed by atoms with Crippen molar-refractivity contribution in [2.75, 3.05) is 5.32 Å². The normalized spacial score (nSPS) is 11.9. The van der Waals surface area contributed by atoms with Gasteiger partial charge < -0.3 is 9.88 Å². The van der Waals surface area contributed by atoms with E-state index in [0.717, 1.165) is 17.1 Å². The molecular weight excluding hydrogens is 288 g/mol. The molecule has 0 radical (unpaired) electrons. The van der Waals surface area contributed by atoms with E-state index in [0.29, 0.717) is 5.56 Å². The van der Waals surface area contributed by atoms with Crippen LogP contribution in [0.5, 0.6) is 0 Å². The minimum absolute atomic E-state index is 0.140. The molecule has 0 bridgehead atoms. The molecule has 0 aliphatic carbocycles. The highest BCUT2D eigenvalue weighted by molar-refractivity contribution is 6.04. The molecule has 0 spiro atoms. The average Bonchev–Trinajstić information content (AvgIpc) is 3.02. The molecule has 3 aromatic rings. The van der Waals surface area contributed by atoms with Crippen LogP contribution in [0, 0.1) is 6.92 Å². The van der Waals surface area contributed by atoms with Gasteiger partial charge in [0.1, 0.15) is 5.82 Å². The number of nitrogens with one attached hydrogen (secondary N) is 1. The number of nitrogens with zero attached hydrogens (tertiary/aromatic N) is 3. The molecule has 1 aromatic carbocycles. The van der Waals surface area contributed by atoms with Gasteiger partial charge in [-0.15, -0.1) is 0 Å². The Labute approximate surface area is 135 Å². The van der Waals surface area contributed by atoms with E-state index in [-0.39, 0.29) is 11.9 Å². The first kappa shape index (κ1) is 15.0. The maximum absolute atomic E-state index is 12.1. The van der Waals surface area contributed by atoms with Crippen LogP contribution in [0.15, 0.2) is 61.2 Å². The van der Waals surface area contributed by atoms with E-state index in [2.05, 4.69) is 26.8 Å². The molecule has 1 N–H and O–H groups in total. The molecule has 116 valence electrons. The highest BCUT2D eigenvalue weighted by Crippen LogP contribution is 2.21. The molecule has 0 aliphatic heterocycles. The quantitative estimate of drug-likeness (QED) is 0.803. The third kappa shape index (κ3) is 3.29. The van der Waals surface area contributed by atoms with Gasteiger partial charge in [-0.3, -0.25) is 9.78 Å². The molecule has 2 aromatic heterocycles. The number of amides is 1. The Bertz CT molecular complexity index is 793. The zero-order valence-corrected chi connectivity index (χ0v) is 13.1. The number of imidazole rings is 1. The van der Waals surface area contributed by atoms with Gasteiger partial charge >= 0.3 is 0 Å². The molecule has 23 heavy (non-hydrogen) atoms. The summed E-state index contributed by atoms with van der Waals surface area (Å²) < 4.78 is 2.12. The topological polar surface area (TPSA) is 59.8 Å². The van der Waals surface area contributed by atoms with Gasteiger partial charge in [0, 0.05) is 36.0 Å². The summed E-state index contributed by atoms with van der Waals surface area (Å²) in [6.45, 7) is 4.11. The predicted molar refractivity (Wildman–Crippen MR) is 89.4 cm³/mol. The van der Waals surface area contributed by atoms with E-state index in [9.17, 15) is 4.79 Å². The van der Waals surface area contributed by atoms with Crippen LogP contribution in [0.3, 0.4) is 0 Å². The van der Waals surface area contributed by atoms with Crippen LogP contribution in [0.2, 0.25) is 0 Å². The Morgan fingerprint density at radius 2 is 1.78 bits per heavy atom. The lowest BCUT2D eigenvalue weighted by Crippen LogP contribution is -2.12. The van der Waals surface area contributed by atoms with Crippen LogP contribution in [0.4, 0.5) is 5.69 Å². The lowest BCUT2D eigenvalue weighted by molar-refractivity contribution is 0.102. The van der Waals surface area contributed by atoms with E-state index in [1.807, 2.05) is 37.4 Å². The fourth-order valence-corrected chi connectivity index (χ4v) is 2.51. The lowest BCUT2D eigenvalue weighted by Gasteiger charge is -2.16. The number of carbonyl (C=O) groups excluding carboxylic acids is 1. The van der Waals surface area contributed by atoms with Gasteiger partial charge in [0.2, 0.25) is 0 Å². The van der Waals surface area contributed by atoms with Gasteiger partial charge in [-0.05, 0) is 43.7 Å². The van der Waals surface area contributed by atoms with Crippen LogP contribution in [0.25, 0.3) is 0 Å². The Morgan fingerprint density at radius 3 is 2.39 bits per heavy atom. The minimum atomic E-state index is -0.140. The van der Waals surface area contributed by atoms with E-state index in [1.54, 1.807) is 30.7 Å². The second-order valence-electron chi connectivity index (χ2n) is 5.37. The van der Waals surface area contributed by atoms with Gasteiger partial charge in [-0.2, -0.15) is 0 Å². The van der Waals surface area contributed by atoms with Crippen molar-refractivity contribution in [3.63, 3.8) is 0 Å². The number of rotatable bonds is 4. The molecular formula is C18H18N4O. The summed E-state index contributed by atoms with van der Waals surface area (Å²) >= 11 is 0. The molecule has 1 atom stereocenters. The highest BCUT2D eigenvalue weighted by Gasteiger charge is 2.10. The first-order valence-corrected chi connectivity index (χ1v) is 7.46. The average molecular weight is 306 g/mol. The number of hydrogen-bond acceptors (Lipinski definition) is 3. The van der Waals surface area contributed by atoms with Gasteiger partial charge in [0.25, 0.3) is 5.91 Å². The van der Waals surface area contributed by atoms with Crippen molar-refractivity contribution in [1.82, 2.24) is 14.5 Å². The fourth-order valence-electron chi connectivity index (χ4n) is 2.51. The van der Waals surface area contributed by atoms with Crippen LogP contribution in [-0.4, -0.2) is 20.4 Å². The zero-order valence-electron chi connectivity index (χ0n) is 13.1. The molecule has 2 heterocycles. The molecule has 0 aliphatic rings. The van der Waals surface area contributed by atoms with Gasteiger partial charge in [-0.25, -0.2) is 4.98 Å². The van der Waals surface area contributed by atoms with Crippen LogP contribution in [-0.2, 0) is 0 Å². The molecule has 0 saturated heterocycles. The second kappa shape index (κ2) is 6.44. The molecule has 1 amide bonds. The first-order chi connectivity index (χ1) is 11.1. The summed E-state index contributed by atoms with van der Waals surface area (Å²) in [7, 11) is 0. The SMILES string of the molecule is Cc1nccn1[C@@H](C)c1ccc(NC(=O)c2ccncc2)cc1. The predicted octanol–water partition coefficient (Wildman–Crippen LogP) is 3.45. The van der Waals surface area contributed by atoms with Gasteiger partial charge in [0.05, 0.1) is 6.04 Å². The van der Waals surface area contributed by atoms with Gasteiger partial charge in [0.15, 0.2) is 0 Å². The smallest absolute Gasteiger partial charge is 0.255 e. The zero-order chi connectivity index (χ0) is 16.2. The number of hydrogen-bond donors (Lipinski definition) is 1. The van der Waals surface area contributed by atoms with Crippen molar-refractivity contribution in [3.05, 3.63) is 78.1 Å². The van der Waals surface area contributed by atoms with Crippen LogP contribution < -0.4 is 5.32 Å².